The van der Waals surface area contributed by atoms with E-state index in [9.17, 15) is 19.2 Å². The average molecular weight is 336 g/mol. The van der Waals surface area contributed by atoms with E-state index in [1.807, 2.05) is 13.8 Å². The molecule has 1 aliphatic rings. The van der Waals surface area contributed by atoms with Crippen molar-refractivity contribution in [2.45, 2.75) is 45.2 Å². The van der Waals surface area contributed by atoms with E-state index in [0.29, 0.717) is 4.90 Å². The summed E-state index contributed by atoms with van der Waals surface area (Å²) < 4.78 is 0. The van der Waals surface area contributed by atoms with E-state index in [1.165, 1.54) is 0 Å². The molecule has 0 bridgehead atoms. The molecule has 3 amide bonds. The number of likely N-dealkylation sites (tertiary alicyclic amines) is 1. The highest BCUT2D eigenvalue weighted by molar-refractivity contribution is 6.03. The van der Waals surface area contributed by atoms with Crippen LogP contribution in [0.1, 0.15) is 33.1 Å². The third-order valence-corrected chi connectivity index (χ3v) is 3.68. The van der Waals surface area contributed by atoms with E-state index in [4.69, 9.17) is 10.8 Å². The molecule has 9 heteroatoms. The number of carboxylic acid groups (broad SMARTS) is 1. The molecule has 22 heavy (non-hydrogen) atoms. The van der Waals surface area contributed by atoms with E-state index in [0.717, 1.165) is 6.42 Å². The van der Waals surface area contributed by atoms with Crippen LogP contribution in [0.4, 0.5) is 0 Å². The van der Waals surface area contributed by atoms with Gasteiger partial charge < -0.3 is 16.2 Å². The number of carbonyl (C=O) groups excluding carboxylic acids is 3. The maximum atomic E-state index is 12.1. The Balaban J connectivity index is 0.00000441. The highest BCUT2D eigenvalue weighted by atomic mass is 35.5. The van der Waals surface area contributed by atoms with Gasteiger partial charge in [-0.1, -0.05) is 20.3 Å². The van der Waals surface area contributed by atoms with Crippen LogP contribution in [0.2, 0.25) is 0 Å². The van der Waals surface area contributed by atoms with Gasteiger partial charge in [0.15, 0.2) is 0 Å². The largest absolute Gasteiger partial charge is 0.480 e. The SMILES string of the molecule is CC[C@@H](C)[C@H](N)C(=O)N[C@H]1CCC(=O)N(CC(=O)O)C1=O.Cl. The lowest BCUT2D eigenvalue weighted by Crippen LogP contribution is -2.58. The van der Waals surface area contributed by atoms with Crippen molar-refractivity contribution in [1.29, 1.82) is 0 Å². The highest BCUT2D eigenvalue weighted by Gasteiger charge is 2.37. The van der Waals surface area contributed by atoms with Crippen LogP contribution in [0, 0.1) is 5.92 Å². The van der Waals surface area contributed by atoms with E-state index >= 15 is 0 Å². The molecule has 0 radical (unpaired) electrons. The van der Waals surface area contributed by atoms with Gasteiger partial charge in [-0.15, -0.1) is 12.4 Å². The number of halogens is 1. The van der Waals surface area contributed by atoms with Crippen LogP contribution in [-0.4, -0.2) is 52.3 Å². The number of piperidine rings is 1. The Morgan fingerprint density at radius 2 is 2.05 bits per heavy atom. The number of rotatable bonds is 6. The molecule has 0 aliphatic carbocycles. The van der Waals surface area contributed by atoms with Crippen molar-refractivity contribution in [3.8, 4) is 0 Å². The second-order valence-corrected chi connectivity index (χ2v) is 5.22. The first-order valence-corrected chi connectivity index (χ1v) is 6.89. The lowest BCUT2D eigenvalue weighted by molar-refractivity contribution is -0.157. The van der Waals surface area contributed by atoms with Crippen LogP contribution in [0.15, 0.2) is 0 Å². The lowest BCUT2D eigenvalue weighted by atomic mass is 9.98. The molecule has 0 aromatic rings. The van der Waals surface area contributed by atoms with Crippen molar-refractivity contribution in [2.75, 3.05) is 6.54 Å². The number of nitrogens with one attached hydrogen (secondary N) is 1. The van der Waals surface area contributed by atoms with Gasteiger partial charge in [-0.05, 0) is 12.3 Å². The summed E-state index contributed by atoms with van der Waals surface area (Å²) in [6, 6.07) is -1.64. The minimum Gasteiger partial charge on any atom is -0.480 e. The van der Waals surface area contributed by atoms with Crippen molar-refractivity contribution in [3.63, 3.8) is 0 Å². The molecule has 8 nitrogen and oxygen atoms in total. The van der Waals surface area contributed by atoms with Gasteiger partial charge in [-0.2, -0.15) is 0 Å². The van der Waals surface area contributed by atoms with Crippen molar-refractivity contribution < 1.29 is 24.3 Å². The number of nitrogens with zero attached hydrogens (tertiary/aromatic N) is 1. The normalized spacial score (nSPS) is 20.9. The minimum absolute atomic E-state index is 0. The predicted molar refractivity (Wildman–Crippen MR) is 80.2 cm³/mol. The van der Waals surface area contributed by atoms with Crippen molar-refractivity contribution in [3.05, 3.63) is 0 Å². The number of hydrogen-bond donors (Lipinski definition) is 3. The summed E-state index contributed by atoms with van der Waals surface area (Å²) in [5.74, 6) is -3.02. The van der Waals surface area contributed by atoms with Crippen LogP contribution in [0.25, 0.3) is 0 Å². The Kier molecular flexibility index (Phi) is 8.04. The van der Waals surface area contributed by atoms with Crippen LogP contribution < -0.4 is 11.1 Å². The summed E-state index contributed by atoms with van der Waals surface area (Å²) in [6.45, 7) is 3.03. The Morgan fingerprint density at radius 1 is 1.45 bits per heavy atom. The molecule has 0 aromatic carbocycles. The zero-order valence-corrected chi connectivity index (χ0v) is 13.4. The first-order chi connectivity index (χ1) is 9.77. The maximum Gasteiger partial charge on any atom is 0.323 e. The van der Waals surface area contributed by atoms with Crippen LogP contribution in [0.3, 0.4) is 0 Å². The zero-order chi connectivity index (χ0) is 16.2. The lowest BCUT2D eigenvalue weighted by Gasteiger charge is -2.31. The second-order valence-electron chi connectivity index (χ2n) is 5.22. The van der Waals surface area contributed by atoms with Crippen LogP contribution >= 0.6 is 12.4 Å². The van der Waals surface area contributed by atoms with Crippen molar-refractivity contribution in [2.24, 2.45) is 11.7 Å². The molecule has 0 saturated carbocycles. The third kappa shape index (κ3) is 4.96. The standard InChI is InChI=1S/C13H21N3O5.ClH/c1-3-7(2)11(14)12(20)15-8-4-5-9(17)16(13(8)21)6-10(18)19;/h7-8,11H,3-6,14H2,1-2H3,(H,15,20)(H,18,19);1H/t7-,8+,11+;/m1./s1. The Morgan fingerprint density at radius 3 is 2.55 bits per heavy atom. The van der Waals surface area contributed by atoms with Gasteiger partial charge in [0.2, 0.25) is 11.8 Å². The molecule has 1 rings (SSSR count). The Hall–Kier alpha value is -1.67. The molecular weight excluding hydrogens is 314 g/mol. The zero-order valence-electron chi connectivity index (χ0n) is 12.6. The monoisotopic (exact) mass is 335 g/mol. The highest BCUT2D eigenvalue weighted by Crippen LogP contribution is 2.14. The number of imide groups is 1. The quantitative estimate of drug-likeness (QED) is 0.561. The molecule has 1 fully saturated rings. The first kappa shape index (κ1) is 20.3. The molecule has 0 spiro atoms. The molecule has 126 valence electrons. The average Bonchev–Trinajstić information content (AvgIpc) is 2.44. The number of carbonyl (C=O) groups is 4. The molecule has 0 unspecified atom stereocenters. The minimum atomic E-state index is -1.28. The van der Waals surface area contributed by atoms with E-state index in [1.54, 1.807) is 0 Å². The van der Waals surface area contributed by atoms with E-state index in [2.05, 4.69) is 5.32 Å². The number of aliphatic carboxylic acids is 1. The molecule has 1 heterocycles. The number of nitrogens with two attached hydrogens (primary N) is 1. The number of carboxylic acids is 1. The van der Waals surface area contributed by atoms with Gasteiger partial charge in [-0.25, -0.2) is 0 Å². The molecule has 1 aliphatic heterocycles. The summed E-state index contributed by atoms with van der Waals surface area (Å²) in [4.78, 5) is 46.9. The van der Waals surface area contributed by atoms with Gasteiger partial charge in [0.05, 0.1) is 6.04 Å². The topological polar surface area (TPSA) is 130 Å². The Labute approximate surface area is 134 Å². The first-order valence-electron chi connectivity index (χ1n) is 6.89. The summed E-state index contributed by atoms with van der Waals surface area (Å²) >= 11 is 0. The van der Waals surface area contributed by atoms with Crippen molar-refractivity contribution in [1.82, 2.24) is 10.2 Å². The Bertz CT molecular complexity index is 457. The number of amides is 3. The van der Waals surface area contributed by atoms with Gasteiger partial charge >= 0.3 is 5.97 Å². The molecule has 4 N–H and O–H groups in total. The fraction of sp³-hybridized carbons (Fsp3) is 0.692. The van der Waals surface area contributed by atoms with Gasteiger partial charge in [0, 0.05) is 6.42 Å². The number of hydrogen-bond acceptors (Lipinski definition) is 5. The van der Waals surface area contributed by atoms with Crippen LogP contribution in [-0.2, 0) is 19.2 Å². The maximum absolute atomic E-state index is 12.1. The summed E-state index contributed by atoms with van der Waals surface area (Å²) in [5.41, 5.74) is 5.78. The summed E-state index contributed by atoms with van der Waals surface area (Å²) in [6.07, 6.45) is 0.895. The van der Waals surface area contributed by atoms with E-state index < -0.39 is 42.3 Å². The second kappa shape index (κ2) is 8.70. The smallest absolute Gasteiger partial charge is 0.323 e. The van der Waals surface area contributed by atoms with Gasteiger partial charge in [-0.3, -0.25) is 24.1 Å². The molecular formula is C13H22ClN3O5. The summed E-state index contributed by atoms with van der Waals surface area (Å²) in [5, 5.41) is 11.2. The van der Waals surface area contributed by atoms with E-state index in [-0.39, 0.29) is 31.2 Å². The molecule has 3 atom stereocenters. The summed E-state index contributed by atoms with van der Waals surface area (Å²) in [7, 11) is 0. The molecule has 0 aromatic heterocycles. The van der Waals surface area contributed by atoms with Gasteiger partial charge in [0.1, 0.15) is 12.6 Å². The predicted octanol–water partition coefficient (Wildman–Crippen LogP) is -0.500. The van der Waals surface area contributed by atoms with Crippen molar-refractivity contribution >= 4 is 36.1 Å². The fourth-order valence-electron chi connectivity index (χ4n) is 2.05. The molecule has 1 saturated heterocycles. The fourth-order valence-corrected chi connectivity index (χ4v) is 2.05. The third-order valence-electron chi connectivity index (χ3n) is 3.68. The van der Waals surface area contributed by atoms with Crippen LogP contribution in [0.5, 0.6) is 0 Å². The van der Waals surface area contributed by atoms with Gasteiger partial charge in [0.25, 0.3) is 5.91 Å².